The van der Waals surface area contributed by atoms with Crippen LogP contribution in [-0.4, -0.2) is 35.7 Å². The number of rotatable bonds is 4. The minimum absolute atomic E-state index is 0.0605. The van der Waals surface area contributed by atoms with Crippen molar-refractivity contribution in [3.63, 3.8) is 0 Å². The van der Waals surface area contributed by atoms with Gasteiger partial charge in [-0.2, -0.15) is 0 Å². The van der Waals surface area contributed by atoms with Crippen molar-refractivity contribution in [1.29, 1.82) is 0 Å². The third kappa shape index (κ3) is 3.88. The van der Waals surface area contributed by atoms with E-state index >= 15 is 0 Å². The van der Waals surface area contributed by atoms with Crippen LogP contribution in [0.5, 0.6) is 0 Å². The first-order valence-corrected chi connectivity index (χ1v) is 9.00. The zero-order valence-corrected chi connectivity index (χ0v) is 14.9. The number of hydrogen-bond acceptors (Lipinski definition) is 4. The van der Waals surface area contributed by atoms with Crippen molar-refractivity contribution in [2.75, 3.05) is 12.9 Å². The molecule has 0 bridgehead atoms. The summed E-state index contributed by atoms with van der Waals surface area (Å²) in [7, 11) is 1.28. The zero-order valence-electron chi connectivity index (χ0n) is 14.1. The Kier molecular flexibility index (Phi) is 5.56. The van der Waals surface area contributed by atoms with Crippen LogP contribution < -0.4 is 0 Å². The largest absolute Gasteiger partial charge is 0.467 e. The van der Waals surface area contributed by atoms with Crippen LogP contribution in [-0.2, 0) is 27.3 Å². The highest BCUT2D eigenvalue weighted by atomic mass is 32.2. The van der Waals surface area contributed by atoms with Crippen molar-refractivity contribution in [2.24, 2.45) is 0 Å². The number of ether oxygens (including phenoxy) is 1. The summed E-state index contributed by atoms with van der Waals surface area (Å²) in [4.78, 5) is 26.3. The van der Waals surface area contributed by atoms with Crippen LogP contribution in [0, 0.1) is 11.6 Å². The number of amides is 1. The monoisotopic (exact) mass is 377 g/mol. The Morgan fingerprint density at radius 2 is 1.92 bits per heavy atom. The Labute approximate surface area is 154 Å². The molecule has 1 atom stereocenters. The molecule has 3 rings (SSSR count). The highest BCUT2D eigenvalue weighted by molar-refractivity contribution is 8.00. The van der Waals surface area contributed by atoms with E-state index in [4.69, 9.17) is 4.74 Å². The van der Waals surface area contributed by atoms with E-state index in [1.807, 2.05) is 24.3 Å². The van der Waals surface area contributed by atoms with E-state index in [9.17, 15) is 18.4 Å². The zero-order chi connectivity index (χ0) is 18.7. The molecule has 7 heteroatoms. The van der Waals surface area contributed by atoms with E-state index in [1.54, 1.807) is 0 Å². The molecule has 0 radical (unpaired) electrons. The van der Waals surface area contributed by atoms with Gasteiger partial charge in [-0.15, -0.1) is 11.8 Å². The number of hydrogen-bond donors (Lipinski definition) is 0. The molecule has 0 fully saturated rings. The molecule has 1 amide bonds. The molecular formula is C19H17F2NO3S. The van der Waals surface area contributed by atoms with E-state index in [1.165, 1.54) is 12.0 Å². The molecular weight excluding hydrogens is 360 g/mol. The van der Waals surface area contributed by atoms with Crippen LogP contribution in [0.3, 0.4) is 0 Å². The molecule has 1 aliphatic rings. The molecule has 2 aromatic rings. The third-order valence-corrected chi connectivity index (χ3v) is 5.30. The van der Waals surface area contributed by atoms with E-state index in [0.717, 1.165) is 41.1 Å². The Morgan fingerprint density at radius 1 is 1.19 bits per heavy atom. The van der Waals surface area contributed by atoms with Crippen LogP contribution in [0.1, 0.15) is 11.1 Å². The molecule has 26 heavy (non-hydrogen) atoms. The molecule has 2 aromatic carbocycles. The van der Waals surface area contributed by atoms with Gasteiger partial charge < -0.3 is 9.64 Å². The third-order valence-electron chi connectivity index (χ3n) is 4.29. The molecule has 0 aliphatic carbocycles. The first-order valence-electron chi connectivity index (χ1n) is 8.01. The van der Waals surface area contributed by atoms with E-state index in [2.05, 4.69) is 0 Å². The summed E-state index contributed by atoms with van der Waals surface area (Å²) in [5, 5.41) is 0. The van der Waals surface area contributed by atoms with Crippen LogP contribution in [0.2, 0.25) is 0 Å². The second-order valence-electron chi connectivity index (χ2n) is 5.90. The molecule has 0 N–H and O–H groups in total. The summed E-state index contributed by atoms with van der Waals surface area (Å²) < 4.78 is 31.8. The molecule has 4 nitrogen and oxygen atoms in total. The average Bonchev–Trinajstić information content (AvgIpc) is 2.66. The molecule has 1 heterocycles. The van der Waals surface area contributed by atoms with Crippen molar-refractivity contribution in [3.05, 3.63) is 65.2 Å². The standard InChI is InChI=1S/C19H17F2NO3S/c1-25-19(24)16-8-12-4-2-3-5-13(12)10-22(16)18(23)11-26-17-9-14(20)6-7-15(17)21/h2-7,9,16H,8,10-11H2,1H3/t16-/m0/s1. The summed E-state index contributed by atoms with van der Waals surface area (Å²) in [6.45, 7) is 0.279. The number of carbonyl (C=O) groups excluding carboxylic acids is 2. The van der Waals surface area contributed by atoms with E-state index < -0.39 is 23.6 Å². The lowest BCUT2D eigenvalue weighted by atomic mass is 9.94. The topological polar surface area (TPSA) is 46.6 Å². The van der Waals surface area contributed by atoms with Gasteiger partial charge in [0.25, 0.3) is 0 Å². The SMILES string of the molecule is COC(=O)[C@@H]1Cc2ccccc2CN1C(=O)CSc1cc(F)ccc1F. The van der Waals surface area contributed by atoms with Crippen LogP contribution in [0.15, 0.2) is 47.4 Å². The van der Waals surface area contributed by atoms with Crippen molar-refractivity contribution in [1.82, 2.24) is 4.90 Å². The molecule has 0 saturated carbocycles. The fraction of sp³-hybridized carbons (Fsp3) is 0.263. The maximum absolute atomic E-state index is 13.7. The first kappa shape index (κ1) is 18.4. The maximum atomic E-state index is 13.7. The van der Waals surface area contributed by atoms with Crippen molar-refractivity contribution < 1.29 is 23.1 Å². The molecule has 1 aliphatic heterocycles. The highest BCUT2D eigenvalue weighted by Crippen LogP contribution is 2.27. The average molecular weight is 377 g/mol. The lowest BCUT2D eigenvalue weighted by Gasteiger charge is -2.35. The molecule has 0 aromatic heterocycles. The van der Waals surface area contributed by atoms with E-state index in [0.29, 0.717) is 6.42 Å². The number of fused-ring (bicyclic) bond motifs is 1. The van der Waals surface area contributed by atoms with Gasteiger partial charge in [0.15, 0.2) is 0 Å². The predicted octanol–water partition coefficient (Wildman–Crippen LogP) is 3.18. The Balaban J connectivity index is 1.77. The number of methoxy groups -OCH3 is 1. The predicted molar refractivity (Wildman–Crippen MR) is 93.6 cm³/mol. The van der Waals surface area contributed by atoms with Gasteiger partial charge in [0.2, 0.25) is 5.91 Å². The van der Waals surface area contributed by atoms with Gasteiger partial charge in [0.05, 0.1) is 12.9 Å². The number of thioether (sulfide) groups is 1. The van der Waals surface area contributed by atoms with Gasteiger partial charge in [0.1, 0.15) is 17.7 Å². The van der Waals surface area contributed by atoms with Crippen LogP contribution in [0.25, 0.3) is 0 Å². The van der Waals surface area contributed by atoms with Crippen molar-refractivity contribution in [3.8, 4) is 0 Å². The van der Waals surface area contributed by atoms with E-state index in [-0.39, 0.29) is 23.1 Å². The van der Waals surface area contributed by atoms with Crippen molar-refractivity contribution in [2.45, 2.75) is 23.9 Å². The number of benzene rings is 2. The number of esters is 1. The normalized spacial score (nSPS) is 16.1. The summed E-state index contributed by atoms with van der Waals surface area (Å²) in [5.41, 5.74) is 1.96. The fourth-order valence-corrected chi connectivity index (χ4v) is 3.79. The summed E-state index contributed by atoms with van der Waals surface area (Å²) in [5.74, 6) is -2.08. The first-order chi connectivity index (χ1) is 12.5. The second kappa shape index (κ2) is 7.86. The van der Waals surface area contributed by atoms with Gasteiger partial charge in [-0.1, -0.05) is 24.3 Å². The summed E-state index contributed by atoms with van der Waals surface area (Å²) >= 11 is 0.907. The Hall–Kier alpha value is -2.41. The van der Waals surface area contributed by atoms with Crippen LogP contribution in [0.4, 0.5) is 8.78 Å². The summed E-state index contributed by atoms with van der Waals surface area (Å²) in [6, 6.07) is 9.96. The van der Waals surface area contributed by atoms with Gasteiger partial charge in [-0.05, 0) is 29.3 Å². The molecule has 0 unspecified atom stereocenters. The van der Waals surface area contributed by atoms with Crippen LogP contribution >= 0.6 is 11.8 Å². The highest BCUT2D eigenvalue weighted by Gasteiger charge is 2.35. The van der Waals surface area contributed by atoms with Gasteiger partial charge >= 0.3 is 5.97 Å². The number of carbonyl (C=O) groups is 2. The molecule has 0 saturated heterocycles. The lowest BCUT2D eigenvalue weighted by molar-refractivity contribution is -0.153. The number of halogens is 2. The van der Waals surface area contributed by atoms with Crippen molar-refractivity contribution >= 4 is 23.6 Å². The summed E-state index contributed by atoms with van der Waals surface area (Å²) in [6.07, 6.45) is 0.369. The number of nitrogens with zero attached hydrogens (tertiary/aromatic N) is 1. The van der Waals surface area contributed by atoms with Gasteiger partial charge in [-0.3, -0.25) is 4.79 Å². The molecule has 136 valence electrons. The minimum Gasteiger partial charge on any atom is -0.467 e. The fourth-order valence-electron chi connectivity index (χ4n) is 2.94. The second-order valence-corrected chi connectivity index (χ2v) is 6.91. The Morgan fingerprint density at radius 3 is 2.65 bits per heavy atom. The Bertz CT molecular complexity index is 843. The smallest absolute Gasteiger partial charge is 0.328 e. The van der Waals surface area contributed by atoms with Gasteiger partial charge in [-0.25, -0.2) is 13.6 Å². The molecule has 0 spiro atoms. The van der Waals surface area contributed by atoms with Gasteiger partial charge in [0, 0.05) is 17.9 Å². The quantitative estimate of drug-likeness (QED) is 0.607. The lowest BCUT2D eigenvalue weighted by Crippen LogP contribution is -2.49. The maximum Gasteiger partial charge on any atom is 0.328 e. The minimum atomic E-state index is -0.722.